The molecule has 0 amide bonds. The van der Waals surface area contributed by atoms with Crippen molar-refractivity contribution in [3.63, 3.8) is 0 Å². The van der Waals surface area contributed by atoms with Crippen LogP contribution in [0.25, 0.3) is 0 Å². The zero-order valence-corrected chi connectivity index (χ0v) is 11.9. The summed E-state index contributed by atoms with van der Waals surface area (Å²) in [5.41, 5.74) is 0.770. The van der Waals surface area contributed by atoms with Crippen molar-refractivity contribution in [3.8, 4) is 6.07 Å². The molecule has 0 aliphatic rings. The summed E-state index contributed by atoms with van der Waals surface area (Å²) >= 11 is 0. The van der Waals surface area contributed by atoms with E-state index in [1.165, 1.54) is 24.3 Å². The van der Waals surface area contributed by atoms with Crippen LogP contribution in [-0.4, -0.2) is 25.7 Å². The Bertz CT molecular complexity index is 580. The highest BCUT2D eigenvalue weighted by Gasteiger charge is 2.18. The van der Waals surface area contributed by atoms with E-state index in [2.05, 4.69) is 0 Å². The lowest BCUT2D eigenvalue weighted by molar-refractivity contribution is 0.102. The van der Waals surface area contributed by atoms with Crippen LogP contribution >= 0.6 is 0 Å². The van der Waals surface area contributed by atoms with Crippen molar-refractivity contribution in [2.24, 2.45) is 5.92 Å². The monoisotopic (exact) mass is 279 g/mol. The molecule has 0 heterocycles. The van der Waals surface area contributed by atoms with Crippen molar-refractivity contribution in [2.45, 2.75) is 20.3 Å². The van der Waals surface area contributed by atoms with Gasteiger partial charge in [-0.25, -0.2) is 8.42 Å². The minimum atomic E-state index is -3.35. The zero-order chi connectivity index (χ0) is 14.5. The molecule has 19 heavy (non-hydrogen) atoms. The van der Waals surface area contributed by atoms with E-state index in [4.69, 9.17) is 5.26 Å². The molecular weight excluding hydrogens is 262 g/mol. The van der Waals surface area contributed by atoms with Gasteiger partial charge in [0.15, 0.2) is 15.6 Å². The molecule has 1 aromatic rings. The van der Waals surface area contributed by atoms with Crippen LogP contribution in [0.2, 0.25) is 0 Å². The minimum absolute atomic E-state index is 0.0344. The van der Waals surface area contributed by atoms with Gasteiger partial charge in [0, 0.05) is 5.56 Å². The molecule has 0 N–H and O–H groups in total. The van der Waals surface area contributed by atoms with Crippen molar-refractivity contribution < 1.29 is 13.2 Å². The van der Waals surface area contributed by atoms with E-state index in [9.17, 15) is 13.2 Å². The van der Waals surface area contributed by atoms with Crippen LogP contribution in [0, 0.1) is 17.2 Å². The average molecular weight is 279 g/mol. The lowest BCUT2D eigenvalue weighted by Gasteiger charge is -2.06. The Labute approximate surface area is 114 Å². The predicted molar refractivity (Wildman–Crippen MR) is 73.6 cm³/mol. The predicted octanol–water partition coefficient (Wildman–Crippen LogP) is 2.20. The fourth-order valence-electron chi connectivity index (χ4n) is 1.50. The number of nitriles is 1. The van der Waals surface area contributed by atoms with Gasteiger partial charge < -0.3 is 0 Å². The first kappa shape index (κ1) is 15.4. The lowest BCUT2D eigenvalue weighted by Crippen LogP contribution is -2.20. The Hall–Kier alpha value is -1.67. The Kier molecular flexibility index (Phi) is 5.25. The second-order valence-electron chi connectivity index (χ2n) is 4.89. The number of nitrogens with zero attached hydrogens (tertiary/aromatic N) is 1. The first-order valence-corrected chi connectivity index (χ1v) is 7.90. The number of rotatable bonds is 6. The number of Topliss-reactive ketones (excluding diaryl/α,β-unsaturated/α-hetero) is 1. The second-order valence-corrected chi connectivity index (χ2v) is 7.07. The second kappa shape index (κ2) is 6.48. The van der Waals surface area contributed by atoms with Gasteiger partial charge in [0.05, 0.1) is 17.4 Å². The highest BCUT2D eigenvalue weighted by Crippen LogP contribution is 2.08. The van der Waals surface area contributed by atoms with Crippen molar-refractivity contribution in [1.29, 1.82) is 5.26 Å². The molecular formula is C14H17NO3S. The molecule has 0 atom stereocenters. The van der Waals surface area contributed by atoms with Crippen molar-refractivity contribution in [1.82, 2.24) is 0 Å². The molecule has 0 unspecified atom stereocenters. The summed E-state index contributed by atoms with van der Waals surface area (Å²) in [5.74, 6) is -0.564. The maximum absolute atomic E-state index is 11.8. The summed E-state index contributed by atoms with van der Waals surface area (Å²) in [6.07, 6.45) is 0.559. The lowest BCUT2D eigenvalue weighted by atomic mass is 10.1. The Morgan fingerprint density at radius 1 is 1.26 bits per heavy atom. The molecule has 0 fully saturated rings. The van der Waals surface area contributed by atoms with Crippen LogP contribution in [0.5, 0.6) is 0 Å². The number of carbonyl (C=O) groups is 1. The number of hydrogen-bond donors (Lipinski definition) is 0. The third kappa shape index (κ3) is 5.23. The van der Waals surface area contributed by atoms with Gasteiger partial charge in [-0.3, -0.25) is 4.79 Å². The fourth-order valence-corrected chi connectivity index (χ4v) is 3.04. The Balaban J connectivity index is 2.71. The topological polar surface area (TPSA) is 75.0 Å². The third-order valence-corrected chi connectivity index (χ3v) is 4.25. The minimum Gasteiger partial charge on any atom is -0.293 e. The molecule has 0 bridgehead atoms. The average Bonchev–Trinajstić information content (AvgIpc) is 2.36. The molecule has 4 nitrogen and oxygen atoms in total. The molecule has 0 saturated heterocycles. The highest BCUT2D eigenvalue weighted by molar-refractivity contribution is 7.92. The van der Waals surface area contributed by atoms with Gasteiger partial charge in [0.1, 0.15) is 5.75 Å². The standard InChI is InChI=1S/C14H17NO3S/c1-11(2)7-8-19(17,18)10-14(16)13-5-3-12(9-15)4-6-13/h3-6,11H,7-8,10H2,1-2H3. The van der Waals surface area contributed by atoms with Crippen LogP contribution in [0.4, 0.5) is 0 Å². The van der Waals surface area contributed by atoms with Gasteiger partial charge in [-0.1, -0.05) is 26.0 Å². The quantitative estimate of drug-likeness (QED) is 0.748. The van der Waals surface area contributed by atoms with Gasteiger partial charge in [0.2, 0.25) is 0 Å². The molecule has 1 aromatic carbocycles. The first-order valence-electron chi connectivity index (χ1n) is 6.08. The van der Waals surface area contributed by atoms with Crippen LogP contribution < -0.4 is 0 Å². The van der Waals surface area contributed by atoms with Crippen LogP contribution in [0.15, 0.2) is 24.3 Å². The maximum Gasteiger partial charge on any atom is 0.177 e. The van der Waals surface area contributed by atoms with Crippen LogP contribution in [-0.2, 0) is 9.84 Å². The Morgan fingerprint density at radius 2 is 1.84 bits per heavy atom. The molecule has 0 spiro atoms. The van der Waals surface area contributed by atoms with E-state index < -0.39 is 21.4 Å². The molecule has 0 saturated carbocycles. The smallest absolute Gasteiger partial charge is 0.177 e. The summed E-state index contributed by atoms with van der Waals surface area (Å²) < 4.78 is 23.5. The van der Waals surface area contributed by atoms with Crippen LogP contribution in [0.3, 0.4) is 0 Å². The van der Waals surface area contributed by atoms with Crippen molar-refractivity contribution >= 4 is 15.6 Å². The highest BCUT2D eigenvalue weighted by atomic mass is 32.2. The van der Waals surface area contributed by atoms with Gasteiger partial charge in [-0.05, 0) is 24.5 Å². The largest absolute Gasteiger partial charge is 0.293 e. The van der Waals surface area contributed by atoms with E-state index in [1.54, 1.807) is 0 Å². The fraction of sp³-hybridized carbons (Fsp3) is 0.429. The molecule has 1 rings (SSSR count). The SMILES string of the molecule is CC(C)CCS(=O)(=O)CC(=O)c1ccc(C#N)cc1. The zero-order valence-electron chi connectivity index (χ0n) is 11.1. The van der Waals surface area contributed by atoms with E-state index >= 15 is 0 Å². The summed E-state index contributed by atoms with van der Waals surface area (Å²) in [4.78, 5) is 11.8. The molecule has 102 valence electrons. The molecule has 5 heteroatoms. The molecule has 0 aliphatic heterocycles. The van der Waals surface area contributed by atoms with E-state index in [0.29, 0.717) is 23.5 Å². The summed E-state index contributed by atoms with van der Waals surface area (Å²) in [6, 6.07) is 7.93. The number of hydrogen-bond acceptors (Lipinski definition) is 4. The maximum atomic E-state index is 11.8. The van der Waals surface area contributed by atoms with Crippen molar-refractivity contribution in [2.75, 3.05) is 11.5 Å². The third-order valence-electron chi connectivity index (χ3n) is 2.69. The van der Waals surface area contributed by atoms with Gasteiger partial charge in [0.25, 0.3) is 0 Å². The number of carbonyl (C=O) groups excluding carboxylic acids is 1. The van der Waals surface area contributed by atoms with Gasteiger partial charge >= 0.3 is 0 Å². The number of sulfone groups is 1. The molecule has 0 aliphatic carbocycles. The van der Waals surface area contributed by atoms with Gasteiger partial charge in [-0.15, -0.1) is 0 Å². The normalized spacial score (nSPS) is 11.3. The first-order chi connectivity index (χ1) is 8.84. The number of benzene rings is 1. The van der Waals surface area contributed by atoms with Crippen molar-refractivity contribution in [3.05, 3.63) is 35.4 Å². The summed E-state index contributed by atoms with van der Waals surface area (Å²) in [6.45, 7) is 3.88. The van der Waals surface area contributed by atoms with E-state index in [-0.39, 0.29) is 5.75 Å². The van der Waals surface area contributed by atoms with Gasteiger partial charge in [-0.2, -0.15) is 5.26 Å². The van der Waals surface area contributed by atoms with E-state index in [1.807, 2.05) is 19.9 Å². The molecule has 0 radical (unpaired) electrons. The number of ketones is 1. The van der Waals surface area contributed by atoms with Crippen LogP contribution in [0.1, 0.15) is 36.2 Å². The van der Waals surface area contributed by atoms with E-state index in [0.717, 1.165) is 0 Å². The summed E-state index contributed by atoms with van der Waals surface area (Å²) in [7, 11) is -3.35. The summed E-state index contributed by atoms with van der Waals surface area (Å²) in [5, 5.41) is 8.64. The Morgan fingerprint density at radius 3 is 2.32 bits per heavy atom. The molecule has 0 aromatic heterocycles.